The van der Waals surface area contributed by atoms with Crippen LogP contribution in [0.1, 0.15) is 34.8 Å². The molecule has 0 saturated carbocycles. The van der Waals surface area contributed by atoms with Gasteiger partial charge in [0.15, 0.2) is 6.10 Å². The number of pyridine rings is 1. The number of nitrogen functional groups attached to an aromatic ring is 1. The van der Waals surface area contributed by atoms with Crippen molar-refractivity contribution in [1.29, 1.82) is 0 Å². The molecule has 3 nitrogen and oxygen atoms in total. The number of aryl methyl sites for hydroxylation is 1. The lowest BCUT2D eigenvalue weighted by atomic mass is 9.98. The first-order valence-corrected chi connectivity index (χ1v) is 10.4. The molecular weight excluding hydrogens is 368 g/mol. The number of benzene rings is 3. The fraction of sp³-hybridized carbons (Fsp3) is 0.148. The average Bonchev–Trinajstić information content (AvgIpc) is 3.29. The summed E-state index contributed by atoms with van der Waals surface area (Å²) in [6, 6.07) is 28.8. The predicted octanol–water partition coefficient (Wildman–Crippen LogP) is 5.99. The molecule has 0 spiro atoms. The zero-order chi connectivity index (χ0) is 20.3. The fourth-order valence-corrected chi connectivity index (χ4v) is 4.29. The number of hydrogen-bond donors (Lipinski definition) is 1. The molecule has 3 heteroatoms. The third kappa shape index (κ3) is 3.55. The van der Waals surface area contributed by atoms with Crippen molar-refractivity contribution in [2.45, 2.75) is 25.4 Å². The smallest absolute Gasteiger partial charge is 0.214 e. The Morgan fingerprint density at radius 2 is 1.50 bits per heavy atom. The molecule has 0 fully saturated rings. The van der Waals surface area contributed by atoms with Crippen LogP contribution in [0.4, 0.5) is 5.69 Å². The Hall–Kier alpha value is -3.59. The van der Waals surface area contributed by atoms with Crippen molar-refractivity contribution < 1.29 is 4.74 Å². The number of hydrogen-bond acceptors (Lipinski definition) is 3. The van der Waals surface area contributed by atoms with Crippen LogP contribution in [0.15, 0.2) is 91.1 Å². The van der Waals surface area contributed by atoms with Crippen LogP contribution in [-0.4, -0.2) is 4.98 Å². The van der Waals surface area contributed by atoms with Gasteiger partial charge in [0.2, 0.25) is 5.88 Å². The Kier molecular flexibility index (Phi) is 4.94. The van der Waals surface area contributed by atoms with Crippen molar-refractivity contribution in [1.82, 2.24) is 4.98 Å². The predicted molar refractivity (Wildman–Crippen MR) is 121 cm³/mol. The Labute approximate surface area is 177 Å². The van der Waals surface area contributed by atoms with E-state index in [0.29, 0.717) is 5.88 Å². The van der Waals surface area contributed by atoms with Crippen molar-refractivity contribution >= 4 is 5.69 Å². The Morgan fingerprint density at radius 1 is 0.800 bits per heavy atom. The molecule has 0 amide bonds. The van der Waals surface area contributed by atoms with E-state index in [1.807, 2.05) is 48.5 Å². The molecule has 0 atom stereocenters. The van der Waals surface area contributed by atoms with Crippen LogP contribution in [0.3, 0.4) is 0 Å². The van der Waals surface area contributed by atoms with E-state index in [0.717, 1.165) is 40.8 Å². The molecule has 0 saturated heterocycles. The minimum absolute atomic E-state index is 0.229. The van der Waals surface area contributed by atoms with E-state index in [1.165, 1.54) is 17.5 Å². The van der Waals surface area contributed by atoms with Gasteiger partial charge in [0.1, 0.15) is 0 Å². The summed E-state index contributed by atoms with van der Waals surface area (Å²) in [6.07, 6.45) is 4.94. The van der Waals surface area contributed by atoms with E-state index in [-0.39, 0.29) is 6.10 Å². The number of aromatic nitrogens is 1. The van der Waals surface area contributed by atoms with Crippen molar-refractivity contribution in [3.63, 3.8) is 0 Å². The molecule has 1 aliphatic carbocycles. The second-order valence-electron chi connectivity index (χ2n) is 7.72. The molecule has 0 aliphatic heterocycles. The Morgan fingerprint density at radius 3 is 2.20 bits per heavy atom. The van der Waals surface area contributed by atoms with Crippen molar-refractivity contribution in [3.05, 3.63) is 113 Å². The van der Waals surface area contributed by atoms with Gasteiger partial charge in [-0.15, -0.1) is 0 Å². The first kappa shape index (κ1) is 18.4. The van der Waals surface area contributed by atoms with Crippen LogP contribution in [-0.2, 0) is 12.8 Å². The maximum atomic E-state index is 6.54. The van der Waals surface area contributed by atoms with E-state index < -0.39 is 0 Å². The minimum Gasteiger partial charge on any atom is -0.465 e. The summed E-state index contributed by atoms with van der Waals surface area (Å²) in [6.45, 7) is 0. The molecule has 0 unspecified atom stereocenters. The molecule has 30 heavy (non-hydrogen) atoms. The van der Waals surface area contributed by atoms with Crippen molar-refractivity contribution in [2.75, 3.05) is 5.73 Å². The molecular formula is C27H24N2O. The highest BCUT2D eigenvalue weighted by molar-refractivity contribution is 5.80. The first-order chi connectivity index (χ1) is 14.8. The summed E-state index contributed by atoms with van der Waals surface area (Å²) >= 11 is 0. The fourth-order valence-electron chi connectivity index (χ4n) is 4.29. The molecule has 1 aromatic heterocycles. The lowest BCUT2D eigenvalue weighted by Gasteiger charge is -2.20. The largest absolute Gasteiger partial charge is 0.465 e. The van der Waals surface area contributed by atoms with Gasteiger partial charge in [0.05, 0.1) is 0 Å². The number of rotatable bonds is 5. The molecule has 0 radical (unpaired) electrons. The second-order valence-corrected chi connectivity index (χ2v) is 7.72. The van der Waals surface area contributed by atoms with E-state index in [2.05, 4.69) is 41.4 Å². The SMILES string of the molecule is Nc1c(-c2ccnc(OC(c3ccccc3)c3ccccc3)c2)ccc2c1CCC2. The van der Waals surface area contributed by atoms with E-state index >= 15 is 0 Å². The molecule has 2 N–H and O–H groups in total. The van der Waals surface area contributed by atoms with Gasteiger partial charge >= 0.3 is 0 Å². The van der Waals surface area contributed by atoms with E-state index in [1.54, 1.807) is 6.20 Å². The van der Waals surface area contributed by atoms with Gasteiger partial charge in [-0.05, 0) is 53.1 Å². The van der Waals surface area contributed by atoms with Crippen LogP contribution < -0.4 is 10.5 Å². The van der Waals surface area contributed by atoms with Gasteiger partial charge in [-0.25, -0.2) is 4.98 Å². The third-order valence-electron chi connectivity index (χ3n) is 5.82. The summed E-state index contributed by atoms with van der Waals surface area (Å²) in [5, 5.41) is 0. The van der Waals surface area contributed by atoms with Crippen LogP contribution >= 0.6 is 0 Å². The Balaban J connectivity index is 1.51. The first-order valence-electron chi connectivity index (χ1n) is 10.4. The molecule has 1 heterocycles. The molecule has 1 aliphatic rings. The summed E-state index contributed by atoms with van der Waals surface area (Å²) in [5.41, 5.74) is 14.4. The normalized spacial score (nSPS) is 12.7. The van der Waals surface area contributed by atoms with Gasteiger partial charge in [0.25, 0.3) is 0 Å². The number of fused-ring (bicyclic) bond motifs is 1. The van der Waals surface area contributed by atoms with Crippen LogP contribution in [0.2, 0.25) is 0 Å². The van der Waals surface area contributed by atoms with E-state index in [9.17, 15) is 0 Å². The number of nitrogens with two attached hydrogens (primary N) is 1. The third-order valence-corrected chi connectivity index (χ3v) is 5.82. The van der Waals surface area contributed by atoms with Gasteiger partial charge in [-0.2, -0.15) is 0 Å². The molecule has 4 aromatic rings. The summed E-state index contributed by atoms with van der Waals surface area (Å²) in [7, 11) is 0. The van der Waals surface area contributed by atoms with Crippen LogP contribution in [0, 0.1) is 0 Å². The highest BCUT2D eigenvalue weighted by atomic mass is 16.5. The second kappa shape index (κ2) is 8.03. The number of ether oxygens (including phenoxy) is 1. The van der Waals surface area contributed by atoms with E-state index in [4.69, 9.17) is 10.5 Å². The topological polar surface area (TPSA) is 48.1 Å². The standard InChI is InChI=1S/C27H24N2O/c28-26-23-13-7-12-19(23)14-15-24(26)22-16-17-29-25(18-22)30-27(20-8-3-1-4-9-20)21-10-5-2-6-11-21/h1-6,8-11,14-18,27H,7,12-13,28H2. The highest BCUT2D eigenvalue weighted by Gasteiger charge is 2.19. The molecule has 148 valence electrons. The van der Waals surface area contributed by atoms with Gasteiger partial charge in [0, 0.05) is 23.5 Å². The molecule has 5 rings (SSSR count). The summed E-state index contributed by atoms with van der Waals surface area (Å²) in [5.74, 6) is 0.588. The maximum absolute atomic E-state index is 6.54. The summed E-state index contributed by atoms with van der Waals surface area (Å²) in [4.78, 5) is 4.49. The maximum Gasteiger partial charge on any atom is 0.214 e. The van der Waals surface area contributed by atoms with Crippen molar-refractivity contribution in [3.8, 4) is 17.0 Å². The van der Waals surface area contributed by atoms with Gasteiger partial charge < -0.3 is 10.5 Å². The minimum atomic E-state index is -0.229. The van der Waals surface area contributed by atoms with Crippen LogP contribution in [0.25, 0.3) is 11.1 Å². The highest BCUT2D eigenvalue weighted by Crippen LogP contribution is 2.36. The summed E-state index contributed by atoms with van der Waals surface area (Å²) < 4.78 is 6.43. The Bertz CT molecular complexity index is 1120. The lowest BCUT2D eigenvalue weighted by Crippen LogP contribution is -2.10. The van der Waals surface area contributed by atoms with Gasteiger partial charge in [-0.3, -0.25) is 0 Å². The van der Waals surface area contributed by atoms with Crippen molar-refractivity contribution in [2.24, 2.45) is 0 Å². The monoisotopic (exact) mass is 392 g/mol. The zero-order valence-electron chi connectivity index (χ0n) is 16.8. The number of anilines is 1. The zero-order valence-corrected chi connectivity index (χ0v) is 16.8. The molecule has 3 aromatic carbocycles. The quantitative estimate of drug-likeness (QED) is 0.425. The van der Waals surface area contributed by atoms with Crippen LogP contribution in [0.5, 0.6) is 5.88 Å². The number of nitrogens with zero attached hydrogens (tertiary/aromatic N) is 1. The average molecular weight is 393 g/mol. The molecule has 0 bridgehead atoms. The lowest BCUT2D eigenvalue weighted by molar-refractivity contribution is 0.237. The van der Waals surface area contributed by atoms with Gasteiger partial charge in [-0.1, -0.05) is 72.8 Å².